The van der Waals surface area contributed by atoms with E-state index in [9.17, 15) is 5.11 Å². The maximum Gasteiger partial charge on any atom is 0.0584 e. The van der Waals surface area contributed by atoms with Gasteiger partial charge >= 0.3 is 0 Å². The molecule has 1 aliphatic rings. The summed E-state index contributed by atoms with van der Waals surface area (Å²) >= 11 is 0. The summed E-state index contributed by atoms with van der Waals surface area (Å²) in [4.78, 5) is 0. The number of rotatable bonds is 4. The lowest BCUT2D eigenvalue weighted by molar-refractivity contribution is 0.171. The van der Waals surface area contributed by atoms with E-state index in [0.717, 1.165) is 12.3 Å². The molecule has 3 atom stereocenters. The van der Waals surface area contributed by atoms with Crippen LogP contribution in [0.5, 0.6) is 0 Å². The highest BCUT2D eigenvalue weighted by Crippen LogP contribution is 2.26. The average Bonchev–Trinajstić information content (AvgIpc) is 2.14. The van der Waals surface area contributed by atoms with E-state index in [1.165, 1.54) is 25.7 Å². The average molecular weight is 227 g/mol. The van der Waals surface area contributed by atoms with Crippen LogP contribution in [0.25, 0.3) is 0 Å². The molecular formula is C14H29NO. The van der Waals surface area contributed by atoms with Crippen molar-refractivity contribution < 1.29 is 5.11 Å². The molecule has 1 fully saturated rings. The molecule has 1 saturated carbocycles. The van der Waals surface area contributed by atoms with Gasteiger partial charge in [-0.05, 0) is 30.6 Å². The van der Waals surface area contributed by atoms with E-state index in [-0.39, 0.29) is 12.6 Å². The van der Waals surface area contributed by atoms with Gasteiger partial charge in [-0.15, -0.1) is 0 Å². The van der Waals surface area contributed by atoms with Crippen LogP contribution in [0.15, 0.2) is 0 Å². The Kier molecular flexibility index (Phi) is 5.26. The third-order valence-corrected chi connectivity index (χ3v) is 3.49. The first-order valence-corrected chi connectivity index (χ1v) is 6.77. The second-order valence-electron chi connectivity index (χ2n) is 6.78. The third kappa shape index (κ3) is 5.31. The van der Waals surface area contributed by atoms with Crippen molar-refractivity contribution in [3.05, 3.63) is 0 Å². The van der Waals surface area contributed by atoms with Crippen LogP contribution in [0.1, 0.15) is 59.8 Å². The SMILES string of the molecule is CC1CCCC(NC(CO)CC(C)(C)C)C1. The van der Waals surface area contributed by atoms with Crippen molar-refractivity contribution in [3.8, 4) is 0 Å². The Balaban J connectivity index is 2.37. The Bertz CT molecular complexity index is 197. The standard InChI is InChI=1S/C14H29NO/c1-11-6-5-7-12(8-11)15-13(10-16)9-14(2,3)4/h11-13,15-16H,5-10H2,1-4H3. The first kappa shape index (κ1) is 14.0. The van der Waals surface area contributed by atoms with Gasteiger partial charge in [-0.3, -0.25) is 0 Å². The monoisotopic (exact) mass is 227 g/mol. The molecule has 3 unspecified atom stereocenters. The minimum atomic E-state index is 0.266. The largest absolute Gasteiger partial charge is 0.395 e. The second-order valence-corrected chi connectivity index (χ2v) is 6.78. The van der Waals surface area contributed by atoms with Crippen LogP contribution < -0.4 is 5.32 Å². The first-order valence-electron chi connectivity index (χ1n) is 6.77. The molecule has 0 saturated heterocycles. The van der Waals surface area contributed by atoms with E-state index in [0.29, 0.717) is 11.5 Å². The molecule has 1 aliphatic carbocycles. The molecule has 0 bridgehead atoms. The van der Waals surface area contributed by atoms with E-state index in [2.05, 4.69) is 33.0 Å². The minimum Gasteiger partial charge on any atom is -0.395 e. The maximum atomic E-state index is 9.42. The smallest absolute Gasteiger partial charge is 0.0584 e. The Morgan fingerprint density at radius 3 is 2.50 bits per heavy atom. The fourth-order valence-electron chi connectivity index (χ4n) is 2.83. The van der Waals surface area contributed by atoms with Gasteiger partial charge in [0.25, 0.3) is 0 Å². The van der Waals surface area contributed by atoms with Gasteiger partial charge in [-0.25, -0.2) is 0 Å². The van der Waals surface area contributed by atoms with Crippen molar-refractivity contribution >= 4 is 0 Å². The predicted octanol–water partition coefficient (Wildman–Crippen LogP) is 2.95. The molecule has 0 aliphatic heterocycles. The van der Waals surface area contributed by atoms with E-state index in [1.54, 1.807) is 0 Å². The molecule has 16 heavy (non-hydrogen) atoms. The molecule has 1 rings (SSSR count). The summed E-state index contributed by atoms with van der Waals surface area (Å²) in [5.74, 6) is 0.847. The summed E-state index contributed by atoms with van der Waals surface area (Å²) in [7, 11) is 0. The number of aliphatic hydroxyl groups excluding tert-OH is 1. The van der Waals surface area contributed by atoms with E-state index in [1.807, 2.05) is 0 Å². The van der Waals surface area contributed by atoms with Crippen LogP contribution in [-0.4, -0.2) is 23.8 Å². The zero-order valence-corrected chi connectivity index (χ0v) is 11.4. The van der Waals surface area contributed by atoms with Gasteiger partial charge in [0.15, 0.2) is 0 Å². The van der Waals surface area contributed by atoms with Crippen molar-refractivity contribution in [1.82, 2.24) is 5.32 Å². The molecular weight excluding hydrogens is 198 g/mol. The summed E-state index contributed by atoms with van der Waals surface area (Å²) in [6, 6.07) is 0.901. The van der Waals surface area contributed by atoms with Crippen LogP contribution in [0.2, 0.25) is 0 Å². The quantitative estimate of drug-likeness (QED) is 0.774. The topological polar surface area (TPSA) is 32.3 Å². The van der Waals surface area contributed by atoms with Gasteiger partial charge < -0.3 is 10.4 Å². The molecule has 0 radical (unpaired) electrons. The van der Waals surface area contributed by atoms with E-state index in [4.69, 9.17) is 0 Å². The normalized spacial score (nSPS) is 29.1. The highest BCUT2D eigenvalue weighted by Gasteiger charge is 2.24. The number of hydrogen-bond donors (Lipinski definition) is 2. The van der Waals surface area contributed by atoms with Gasteiger partial charge in [0.1, 0.15) is 0 Å². The van der Waals surface area contributed by atoms with Gasteiger partial charge in [0.05, 0.1) is 6.61 Å². The van der Waals surface area contributed by atoms with Crippen molar-refractivity contribution in [2.24, 2.45) is 11.3 Å². The molecule has 2 nitrogen and oxygen atoms in total. The molecule has 2 N–H and O–H groups in total. The van der Waals surface area contributed by atoms with Crippen molar-refractivity contribution in [2.75, 3.05) is 6.61 Å². The predicted molar refractivity (Wildman–Crippen MR) is 69.5 cm³/mol. The molecule has 2 heteroatoms. The van der Waals surface area contributed by atoms with Crippen LogP contribution in [-0.2, 0) is 0 Å². The minimum absolute atomic E-state index is 0.266. The molecule has 0 aromatic rings. The van der Waals surface area contributed by atoms with Gasteiger partial charge in [-0.2, -0.15) is 0 Å². The lowest BCUT2D eigenvalue weighted by Gasteiger charge is -2.33. The van der Waals surface area contributed by atoms with E-state index >= 15 is 0 Å². The van der Waals surface area contributed by atoms with Crippen LogP contribution in [0, 0.1) is 11.3 Å². The first-order chi connectivity index (χ1) is 7.40. The van der Waals surface area contributed by atoms with Gasteiger partial charge in [0, 0.05) is 12.1 Å². The van der Waals surface area contributed by atoms with Crippen molar-refractivity contribution in [1.29, 1.82) is 0 Å². The Labute approximate surface area is 101 Å². The molecule has 96 valence electrons. The lowest BCUT2D eigenvalue weighted by atomic mass is 9.84. The Morgan fingerprint density at radius 1 is 1.31 bits per heavy atom. The molecule has 0 aromatic heterocycles. The maximum absolute atomic E-state index is 9.42. The lowest BCUT2D eigenvalue weighted by Crippen LogP contribution is -2.44. The third-order valence-electron chi connectivity index (χ3n) is 3.49. The fraction of sp³-hybridized carbons (Fsp3) is 1.00. The number of aliphatic hydroxyl groups is 1. The zero-order chi connectivity index (χ0) is 12.2. The fourth-order valence-corrected chi connectivity index (χ4v) is 2.83. The van der Waals surface area contributed by atoms with Crippen LogP contribution >= 0.6 is 0 Å². The van der Waals surface area contributed by atoms with E-state index < -0.39 is 0 Å². The van der Waals surface area contributed by atoms with Gasteiger partial charge in [-0.1, -0.05) is 40.5 Å². The number of nitrogens with one attached hydrogen (secondary N) is 1. The molecule has 0 heterocycles. The number of hydrogen-bond acceptors (Lipinski definition) is 2. The van der Waals surface area contributed by atoms with Gasteiger partial charge in [0.2, 0.25) is 0 Å². The summed E-state index contributed by atoms with van der Waals surface area (Å²) in [5.41, 5.74) is 0.292. The van der Waals surface area contributed by atoms with Crippen molar-refractivity contribution in [2.45, 2.75) is 71.9 Å². The summed E-state index contributed by atoms with van der Waals surface area (Å²) < 4.78 is 0. The van der Waals surface area contributed by atoms with Crippen LogP contribution in [0.4, 0.5) is 0 Å². The Morgan fingerprint density at radius 2 is 2.00 bits per heavy atom. The summed E-state index contributed by atoms with van der Waals surface area (Å²) in [5, 5.41) is 13.1. The highest BCUT2D eigenvalue weighted by molar-refractivity contribution is 4.82. The molecule has 0 aromatic carbocycles. The second kappa shape index (κ2) is 6.02. The summed E-state index contributed by atoms with van der Waals surface area (Å²) in [6.45, 7) is 9.32. The van der Waals surface area contributed by atoms with Crippen LogP contribution in [0.3, 0.4) is 0 Å². The molecule has 0 amide bonds. The zero-order valence-electron chi connectivity index (χ0n) is 11.4. The highest BCUT2D eigenvalue weighted by atomic mass is 16.3. The summed E-state index contributed by atoms with van der Waals surface area (Å²) in [6.07, 6.45) is 6.33. The molecule has 0 spiro atoms. The van der Waals surface area contributed by atoms with Crippen molar-refractivity contribution in [3.63, 3.8) is 0 Å². The Hall–Kier alpha value is -0.0800.